The number of anilines is 1. The first-order valence-electron chi connectivity index (χ1n) is 11.3. The average molecular weight is 427 g/mol. The number of piperidine rings is 1. The van der Waals surface area contributed by atoms with Crippen molar-refractivity contribution in [2.45, 2.75) is 38.1 Å². The van der Waals surface area contributed by atoms with E-state index in [1.807, 2.05) is 30.0 Å². The summed E-state index contributed by atoms with van der Waals surface area (Å²) >= 11 is 0. The second kappa shape index (κ2) is 9.78. The average Bonchev–Trinajstić information content (AvgIpc) is 3.19. The van der Waals surface area contributed by atoms with Crippen molar-refractivity contribution in [3.63, 3.8) is 0 Å². The van der Waals surface area contributed by atoms with Crippen LogP contribution in [0.25, 0.3) is 11.0 Å². The van der Waals surface area contributed by atoms with Gasteiger partial charge in [0.2, 0.25) is 5.91 Å². The van der Waals surface area contributed by atoms with E-state index in [4.69, 9.17) is 4.74 Å². The number of nitrogens with one attached hydrogen (secondary N) is 2. The summed E-state index contributed by atoms with van der Waals surface area (Å²) in [4.78, 5) is 29.1. The quantitative estimate of drug-likeness (QED) is 0.691. The zero-order valence-electron chi connectivity index (χ0n) is 18.8. The third-order valence-corrected chi connectivity index (χ3v) is 6.20. The molecular formula is C23H34N6O2. The summed E-state index contributed by atoms with van der Waals surface area (Å²) in [6.07, 6.45) is 10.4. The molecule has 0 radical (unpaired) electrons. The van der Waals surface area contributed by atoms with Gasteiger partial charge in [0, 0.05) is 51.2 Å². The molecule has 0 aromatic carbocycles. The number of nitrogens with zero attached hydrogens (tertiary/aromatic N) is 4. The molecule has 2 aromatic heterocycles. The topological polar surface area (TPSA) is 86.4 Å². The van der Waals surface area contributed by atoms with Crippen LogP contribution in [0.5, 0.6) is 0 Å². The number of ether oxygens (including phenoxy) is 1. The number of amides is 1. The second-order valence-corrected chi connectivity index (χ2v) is 9.17. The number of carbonyl (C=O) groups excluding carboxylic acids is 1. The number of aromatic amines is 1. The molecular weight excluding hydrogens is 392 g/mol. The number of likely N-dealkylation sites (N-methyl/N-ethyl adjacent to an activating group) is 1. The lowest BCUT2D eigenvalue weighted by molar-refractivity contribution is -0.127. The van der Waals surface area contributed by atoms with Crippen molar-refractivity contribution in [2.75, 3.05) is 52.3 Å². The number of likely N-dealkylation sites (tertiary alicyclic amines) is 1. The Morgan fingerprint density at radius 1 is 1.32 bits per heavy atom. The lowest BCUT2D eigenvalue weighted by atomic mass is 9.91. The van der Waals surface area contributed by atoms with Gasteiger partial charge in [-0.1, -0.05) is 13.0 Å². The largest absolute Gasteiger partial charge is 0.381 e. The van der Waals surface area contributed by atoms with Gasteiger partial charge in [-0.15, -0.1) is 0 Å². The first kappa shape index (κ1) is 21.8. The van der Waals surface area contributed by atoms with Gasteiger partial charge in [0.05, 0.1) is 5.39 Å². The van der Waals surface area contributed by atoms with E-state index >= 15 is 0 Å². The Morgan fingerprint density at radius 2 is 2.13 bits per heavy atom. The molecule has 0 bridgehead atoms. The Hall–Kier alpha value is -2.45. The van der Waals surface area contributed by atoms with Crippen LogP contribution in [0.15, 0.2) is 24.7 Å². The van der Waals surface area contributed by atoms with Crippen LogP contribution in [0.3, 0.4) is 0 Å². The van der Waals surface area contributed by atoms with Gasteiger partial charge in [-0.05, 0) is 50.8 Å². The Balaban J connectivity index is 1.51. The van der Waals surface area contributed by atoms with E-state index < -0.39 is 0 Å². The molecule has 2 saturated heterocycles. The van der Waals surface area contributed by atoms with Crippen LogP contribution < -0.4 is 5.32 Å². The van der Waals surface area contributed by atoms with Gasteiger partial charge in [-0.3, -0.25) is 4.79 Å². The van der Waals surface area contributed by atoms with Gasteiger partial charge in [-0.25, -0.2) is 9.97 Å². The van der Waals surface area contributed by atoms with Crippen molar-refractivity contribution in [1.82, 2.24) is 24.8 Å². The van der Waals surface area contributed by atoms with E-state index in [-0.39, 0.29) is 11.9 Å². The highest BCUT2D eigenvalue weighted by atomic mass is 16.5. The maximum absolute atomic E-state index is 12.7. The molecule has 31 heavy (non-hydrogen) atoms. The number of H-pyrrole nitrogens is 1. The molecule has 0 saturated carbocycles. The van der Waals surface area contributed by atoms with Crippen LogP contribution in [0.4, 0.5) is 5.82 Å². The van der Waals surface area contributed by atoms with Crippen LogP contribution >= 0.6 is 0 Å². The molecule has 0 aliphatic carbocycles. The molecule has 4 rings (SSSR count). The van der Waals surface area contributed by atoms with E-state index in [9.17, 15) is 4.79 Å². The van der Waals surface area contributed by atoms with Gasteiger partial charge >= 0.3 is 0 Å². The molecule has 2 atom stereocenters. The molecule has 8 heteroatoms. The minimum absolute atomic E-state index is 0.0811. The molecule has 2 aromatic rings. The summed E-state index contributed by atoms with van der Waals surface area (Å²) < 4.78 is 5.55. The van der Waals surface area contributed by atoms with Gasteiger partial charge in [-0.2, -0.15) is 0 Å². The fraction of sp³-hybridized carbons (Fsp3) is 0.609. The van der Waals surface area contributed by atoms with Crippen LogP contribution in [0, 0.1) is 5.92 Å². The molecule has 2 N–H and O–H groups in total. The minimum atomic E-state index is 0.0811. The fourth-order valence-corrected chi connectivity index (χ4v) is 4.73. The standard InChI is InChI=1S/C23H34N6O2/c1-16-11-18(14-29(13-16)20(30)5-4-8-28(2)3)27-23-21-19(17-6-9-31-10-7-17)12-24-22(21)25-15-26-23/h4-5,12,15-18H,6-11,13-14H2,1-3H3,(H2,24,25,26,27)/b5-4+/t16-,18+/m0/s1. The molecule has 8 nitrogen and oxygen atoms in total. The zero-order chi connectivity index (χ0) is 21.8. The summed E-state index contributed by atoms with van der Waals surface area (Å²) in [5, 5.41) is 4.73. The van der Waals surface area contributed by atoms with E-state index in [0.717, 1.165) is 62.4 Å². The maximum atomic E-state index is 12.7. The SMILES string of the molecule is C[C@H]1C[C@@H](Nc2ncnc3[nH]cc(C4CCOCC4)c23)CN(C(=O)/C=C/CN(C)C)C1. The molecule has 2 aliphatic rings. The van der Waals surface area contributed by atoms with Crippen molar-refractivity contribution >= 4 is 22.8 Å². The summed E-state index contributed by atoms with van der Waals surface area (Å²) in [6, 6.07) is 0.158. The number of fused-ring (bicyclic) bond motifs is 1. The van der Waals surface area contributed by atoms with E-state index in [2.05, 4.69) is 33.4 Å². The molecule has 2 aliphatic heterocycles. The van der Waals surface area contributed by atoms with Crippen LogP contribution in [0.2, 0.25) is 0 Å². The van der Waals surface area contributed by atoms with Crippen molar-refractivity contribution < 1.29 is 9.53 Å². The van der Waals surface area contributed by atoms with Gasteiger partial charge in [0.1, 0.15) is 17.8 Å². The highest BCUT2D eigenvalue weighted by Crippen LogP contribution is 2.35. The lowest BCUT2D eigenvalue weighted by Crippen LogP contribution is -2.47. The number of carbonyl (C=O) groups is 1. The number of hydrogen-bond acceptors (Lipinski definition) is 6. The normalized spacial score (nSPS) is 23.2. The monoisotopic (exact) mass is 426 g/mol. The van der Waals surface area contributed by atoms with Crippen molar-refractivity contribution in [3.8, 4) is 0 Å². The molecule has 4 heterocycles. The zero-order valence-corrected chi connectivity index (χ0v) is 18.8. The van der Waals surface area contributed by atoms with Crippen LogP contribution in [-0.2, 0) is 9.53 Å². The van der Waals surface area contributed by atoms with Gasteiger partial charge < -0.3 is 24.8 Å². The summed E-state index contributed by atoms with van der Waals surface area (Å²) in [5.41, 5.74) is 2.13. The first-order valence-corrected chi connectivity index (χ1v) is 11.3. The molecule has 1 amide bonds. The molecule has 2 fully saturated rings. The van der Waals surface area contributed by atoms with E-state index in [0.29, 0.717) is 18.4 Å². The number of aromatic nitrogens is 3. The highest BCUT2D eigenvalue weighted by Gasteiger charge is 2.28. The molecule has 0 unspecified atom stereocenters. The predicted molar refractivity (Wildman–Crippen MR) is 122 cm³/mol. The van der Waals surface area contributed by atoms with Crippen LogP contribution in [0.1, 0.15) is 37.7 Å². The third-order valence-electron chi connectivity index (χ3n) is 6.20. The summed E-state index contributed by atoms with van der Waals surface area (Å²) in [7, 11) is 3.99. The van der Waals surface area contributed by atoms with Crippen molar-refractivity contribution in [3.05, 3.63) is 30.2 Å². The summed E-state index contributed by atoms with van der Waals surface area (Å²) in [5.74, 6) is 1.83. The smallest absolute Gasteiger partial charge is 0.246 e. The maximum Gasteiger partial charge on any atom is 0.246 e. The van der Waals surface area contributed by atoms with Crippen LogP contribution in [-0.4, -0.2) is 83.6 Å². The summed E-state index contributed by atoms with van der Waals surface area (Å²) in [6.45, 7) is 6.03. The van der Waals surface area contributed by atoms with Crippen molar-refractivity contribution in [2.24, 2.45) is 5.92 Å². The van der Waals surface area contributed by atoms with Crippen molar-refractivity contribution in [1.29, 1.82) is 0 Å². The number of rotatable bonds is 6. The highest BCUT2D eigenvalue weighted by molar-refractivity contribution is 5.91. The third kappa shape index (κ3) is 5.25. The van der Waals surface area contributed by atoms with E-state index in [1.165, 1.54) is 5.56 Å². The Labute approximate surface area is 184 Å². The molecule has 168 valence electrons. The Kier molecular flexibility index (Phi) is 6.87. The Bertz CT molecular complexity index is 918. The lowest BCUT2D eigenvalue weighted by Gasteiger charge is -2.36. The van der Waals surface area contributed by atoms with Gasteiger partial charge in [0.25, 0.3) is 0 Å². The number of hydrogen-bond donors (Lipinski definition) is 2. The first-order chi connectivity index (χ1) is 15.0. The Morgan fingerprint density at radius 3 is 2.90 bits per heavy atom. The molecule has 0 spiro atoms. The minimum Gasteiger partial charge on any atom is -0.381 e. The van der Waals surface area contributed by atoms with E-state index in [1.54, 1.807) is 12.4 Å². The second-order valence-electron chi connectivity index (χ2n) is 9.17. The fourth-order valence-electron chi connectivity index (χ4n) is 4.73. The predicted octanol–water partition coefficient (Wildman–Crippen LogP) is 2.62. The van der Waals surface area contributed by atoms with Gasteiger partial charge in [0.15, 0.2) is 0 Å².